The van der Waals surface area contributed by atoms with Gasteiger partial charge in [-0.1, -0.05) is 46.4 Å². The number of carbonyl (C=O) groups is 1. The van der Waals surface area contributed by atoms with Crippen molar-refractivity contribution in [2.75, 3.05) is 10.8 Å². The van der Waals surface area contributed by atoms with Gasteiger partial charge in [0.1, 0.15) is 0 Å². The van der Waals surface area contributed by atoms with Gasteiger partial charge < -0.3 is 5.11 Å². The Balaban J connectivity index is 2.58. The quantitative estimate of drug-likeness (QED) is 0.685. The maximum absolute atomic E-state index is 13.0. The van der Waals surface area contributed by atoms with E-state index in [9.17, 15) is 13.2 Å². The van der Waals surface area contributed by atoms with Crippen LogP contribution in [0.3, 0.4) is 0 Å². The Morgan fingerprint density at radius 3 is 2.20 bits per heavy atom. The van der Waals surface area contributed by atoms with E-state index in [1.54, 1.807) is 0 Å². The van der Waals surface area contributed by atoms with Crippen LogP contribution in [0.15, 0.2) is 41.3 Å². The van der Waals surface area contributed by atoms with Crippen LogP contribution in [0.25, 0.3) is 0 Å². The molecule has 2 aromatic rings. The van der Waals surface area contributed by atoms with Crippen molar-refractivity contribution >= 4 is 68.1 Å². The molecule has 5 nitrogen and oxygen atoms in total. The Labute approximate surface area is 164 Å². The van der Waals surface area contributed by atoms with Crippen molar-refractivity contribution in [2.24, 2.45) is 0 Å². The first-order chi connectivity index (χ1) is 11.6. The number of hydrogen-bond acceptors (Lipinski definition) is 3. The molecule has 0 unspecified atom stereocenters. The standard InChI is InChI=1S/C15H11Cl4NO4S/c16-9-1-3-12(18)14(7-9)20(6-5-15(21)22)25(23,24)10-2-4-11(17)13(19)8-10/h1-4,7-8H,5-6H2,(H,21,22). The SMILES string of the molecule is O=C(O)CCN(c1cc(Cl)ccc1Cl)S(=O)(=O)c1ccc(Cl)c(Cl)c1. The zero-order valence-electron chi connectivity index (χ0n) is 12.4. The summed E-state index contributed by atoms with van der Waals surface area (Å²) in [5.41, 5.74) is 0.0708. The van der Waals surface area contributed by atoms with E-state index < -0.39 is 22.4 Å². The fourth-order valence-electron chi connectivity index (χ4n) is 2.01. The highest BCUT2D eigenvalue weighted by Crippen LogP contribution is 2.34. The zero-order chi connectivity index (χ0) is 18.8. The van der Waals surface area contributed by atoms with Gasteiger partial charge in [0.25, 0.3) is 10.0 Å². The van der Waals surface area contributed by atoms with Gasteiger partial charge in [0.15, 0.2) is 0 Å². The first-order valence-electron chi connectivity index (χ1n) is 6.77. The second-order valence-corrected chi connectivity index (χ2v) is 8.41. The third-order valence-electron chi connectivity index (χ3n) is 3.18. The highest BCUT2D eigenvalue weighted by atomic mass is 35.5. The highest BCUT2D eigenvalue weighted by molar-refractivity contribution is 7.92. The van der Waals surface area contributed by atoms with Crippen molar-refractivity contribution < 1.29 is 18.3 Å². The summed E-state index contributed by atoms with van der Waals surface area (Å²) >= 11 is 23.7. The van der Waals surface area contributed by atoms with Crippen LogP contribution in [0, 0.1) is 0 Å². The summed E-state index contributed by atoms with van der Waals surface area (Å²) in [6.45, 7) is -0.335. The fraction of sp³-hybridized carbons (Fsp3) is 0.133. The summed E-state index contributed by atoms with van der Waals surface area (Å²) in [4.78, 5) is 10.8. The number of carboxylic acid groups (broad SMARTS) is 1. The van der Waals surface area contributed by atoms with Gasteiger partial charge >= 0.3 is 5.97 Å². The lowest BCUT2D eigenvalue weighted by molar-refractivity contribution is -0.136. The van der Waals surface area contributed by atoms with Crippen molar-refractivity contribution in [2.45, 2.75) is 11.3 Å². The van der Waals surface area contributed by atoms with Gasteiger partial charge in [0.05, 0.1) is 32.1 Å². The molecule has 0 aromatic heterocycles. The Hall–Kier alpha value is -1.18. The van der Waals surface area contributed by atoms with E-state index >= 15 is 0 Å². The molecule has 0 aliphatic carbocycles. The zero-order valence-corrected chi connectivity index (χ0v) is 16.3. The number of aliphatic carboxylic acids is 1. The highest BCUT2D eigenvalue weighted by Gasteiger charge is 2.28. The minimum absolute atomic E-state index is 0.0538. The molecule has 1 N–H and O–H groups in total. The molecule has 0 atom stereocenters. The smallest absolute Gasteiger partial charge is 0.305 e. The first kappa shape index (κ1) is 20.1. The van der Waals surface area contributed by atoms with Crippen LogP contribution in [-0.2, 0) is 14.8 Å². The maximum atomic E-state index is 13.0. The molecule has 0 spiro atoms. The van der Waals surface area contributed by atoms with E-state index in [4.69, 9.17) is 51.5 Å². The Morgan fingerprint density at radius 1 is 0.960 bits per heavy atom. The molecule has 25 heavy (non-hydrogen) atoms. The molecule has 0 amide bonds. The molecular formula is C15H11Cl4NO4S. The number of halogens is 4. The molecule has 0 aliphatic rings. The summed E-state index contributed by atoms with van der Waals surface area (Å²) in [7, 11) is -4.14. The van der Waals surface area contributed by atoms with E-state index in [0.29, 0.717) is 0 Å². The second kappa shape index (κ2) is 8.01. The van der Waals surface area contributed by atoms with Crippen molar-refractivity contribution in [1.82, 2.24) is 0 Å². The summed E-state index contributed by atoms with van der Waals surface area (Å²) < 4.78 is 26.9. The van der Waals surface area contributed by atoms with Crippen LogP contribution in [0.1, 0.15) is 6.42 Å². The van der Waals surface area contributed by atoms with Gasteiger partial charge in [-0.25, -0.2) is 8.42 Å². The number of benzene rings is 2. The third-order valence-corrected chi connectivity index (χ3v) is 6.29. The van der Waals surface area contributed by atoms with E-state index in [1.165, 1.54) is 36.4 Å². The van der Waals surface area contributed by atoms with E-state index in [1.807, 2.05) is 0 Å². The van der Waals surface area contributed by atoms with Gasteiger partial charge in [-0.05, 0) is 36.4 Å². The lowest BCUT2D eigenvalue weighted by Crippen LogP contribution is -2.33. The molecule has 10 heteroatoms. The number of hydrogen-bond donors (Lipinski definition) is 1. The minimum atomic E-state index is -4.14. The molecule has 134 valence electrons. The number of carboxylic acids is 1. The molecule has 0 bridgehead atoms. The topological polar surface area (TPSA) is 74.7 Å². The predicted octanol–water partition coefficient (Wildman–Crippen LogP) is 4.97. The number of sulfonamides is 1. The molecule has 2 rings (SSSR count). The molecule has 0 saturated heterocycles. The minimum Gasteiger partial charge on any atom is -0.481 e. The second-order valence-electron chi connectivity index (χ2n) is 4.89. The summed E-state index contributed by atoms with van der Waals surface area (Å²) in [6, 6.07) is 8.07. The number of anilines is 1. The average Bonchev–Trinajstić information content (AvgIpc) is 2.52. The largest absolute Gasteiger partial charge is 0.481 e. The maximum Gasteiger partial charge on any atom is 0.305 e. The normalized spacial score (nSPS) is 11.4. The Kier molecular flexibility index (Phi) is 6.45. The molecular weight excluding hydrogens is 432 g/mol. The van der Waals surface area contributed by atoms with Crippen molar-refractivity contribution in [3.05, 3.63) is 56.5 Å². The van der Waals surface area contributed by atoms with Crippen molar-refractivity contribution in [3.8, 4) is 0 Å². The number of nitrogens with zero attached hydrogens (tertiary/aromatic N) is 1. The van der Waals surface area contributed by atoms with Crippen molar-refractivity contribution in [3.63, 3.8) is 0 Å². The van der Waals surface area contributed by atoms with Gasteiger partial charge in [-0.3, -0.25) is 9.10 Å². The molecule has 0 heterocycles. The summed E-state index contributed by atoms with van der Waals surface area (Å²) in [6.07, 6.45) is -0.427. The van der Waals surface area contributed by atoms with Crippen molar-refractivity contribution in [1.29, 1.82) is 0 Å². The fourth-order valence-corrected chi connectivity index (χ4v) is 4.31. The van der Waals surface area contributed by atoms with Gasteiger partial charge in [0.2, 0.25) is 0 Å². The van der Waals surface area contributed by atoms with Crippen LogP contribution < -0.4 is 4.31 Å². The molecule has 0 radical (unpaired) electrons. The van der Waals surface area contributed by atoms with Gasteiger partial charge in [-0.2, -0.15) is 0 Å². The van der Waals surface area contributed by atoms with Crippen LogP contribution >= 0.6 is 46.4 Å². The molecule has 2 aromatic carbocycles. The van der Waals surface area contributed by atoms with Gasteiger partial charge in [-0.15, -0.1) is 0 Å². The predicted molar refractivity (Wildman–Crippen MR) is 99.7 cm³/mol. The van der Waals surface area contributed by atoms with E-state index in [0.717, 1.165) is 4.31 Å². The van der Waals surface area contributed by atoms with Crippen LogP contribution in [0.5, 0.6) is 0 Å². The van der Waals surface area contributed by atoms with E-state index in [2.05, 4.69) is 0 Å². The lowest BCUT2D eigenvalue weighted by Gasteiger charge is -2.25. The summed E-state index contributed by atoms with van der Waals surface area (Å²) in [5, 5.41) is 9.54. The Bertz CT molecular complexity index is 918. The molecule has 0 fully saturated rings. The van der Waals surface area contributed by atoms with E-state index in [-0.39, 0.29) is 37.2 Å². The molecule has 0 aliphatic heterocycles. The lowest BCUT2D eigenvalue weighted by atomic mass is 10.3. The number of rotatable bonds is 6. The van der Waals surface area contributed by atoms with Crippen LogP contribution in [0.4, 0.5) is 5.69 Å². The van der Waals surface area contributed by atoms with Crippen LogP contribution in [-0.4, -0.2) is 26.0 Å². The summed E-state index contributed by atoms with van der Waals surface area (Å²) in [5.74, 6) is -1.16. The Morgan fingerprint density at radius 2 is 1.60 bits per heavy atom. The monoisotopic (exact) mass is 441 g/mol. The third kappa shape index (κ3) is 4.71. The van der Waals surface area contributed by atoms with Crippen LogP contribution in [0.2, 0.25) is 20.1 Å². The van der Waals surface area contributed by atoms with Gasteiger partial charge in [0, 0.05) is 11.6 Å². The molecule has 0 saturated carbocycles. The first-order valence-corrected chi connectivity index (χ1v) is 9.73. The average molecular weight is 443 g/mol.